The van der Waals surface area contributed by atoms with Crippen molar-refractivity contribution in [2.75, 3.05) is 17.7 Å². The smallest absolute Gasteiger partial charge is 0.415 e. The number of ether oxygens (including phenoxy) is 2. The maximum atomic E-state index is 12.2. The van der Waals surface area contributed by atoms with E-state index in [0.29, 0.717) is 23.9 Å². The summed E-state index contributed by atoms with van der Waals surface area (Å²) in [5, 5.41) is 2.61. The molecule has 0 saturated heterocycles. The number of hydrogen-bond donors (Lipinski definition) is 1. The molecule has 1 atom stereocenters. The van der Waals surface area contributed by atoms with E-state index >= 15 is 0 Å². The molecule has 1 aromatic rings. The minimum atomic E-state index is -0.543. The van der Waals surface area contributed by atoms with Crippen LogP contribution in [0.1, 0.15) is 34.1 Å². The predicted octanol–water partition coefficient (Wildman–Crippen LogP) is 4.48. The first kappa shape index (κ1) is 20.1. The van der Waals surface area contributed by atoms with E-state index in [1.165, 1.54) is 4.90 Å². The molecule has 134 valence electrons. The van der Waals surface area contributed by atoms with E-state index in [-0.39, 0.29) is 12.1 Å². The molecular formula is C17H25ClN2O4. The quantitative estimate of drug-likeness (QED) is 0.731. The summed E-state index contributed by atoms with van der Waals surface area (Å²) in [4.78, 5) is 25.5. The van der Waals surface area contributed by atoms with E-state index in [9.17, 15) is 9.59 Å². The molecule has 1 N–H and O–H groups in total. The Morgan fingerprint density at radius 1 is 1.29 bits per heavy atom. The Balaban J connectivity index is 2.71. The van der Waals surface area contributed by atoms with Crippen molar-refractivity contribution < 1.29 is 19.1 Å². The number of nitrogens with one attached hydrogen (secondary N) is 1. The first-order valence-electron chi connectivity index (χ1n) is 7.99. The van der Waals surface area contributed by atoms with Crippen LogP contribution >= 0.6 is 11.6 Å². The second-order valence-corrected chi connectivity index (χ2v) is 6.00. The highest BCUT2D eigenvalue weighted by Gasteiger charge is 2.18. The number of alkyl halides is 1. The molecule has 0 aromatic heterocycles. The molecule has 0 aliphatic rings. The fraction of sp³-hybridized carbons (Fsp3) is 0.529. The van der Waals surface area contributed by atoms with Crippen molar-refractivity contribution in [2.24, 2.45) is 0 Å². The number of carbonyl (C=O) groups is 2. The van der Waals surface area contributed by atoms with E-state index in [4.69, 9.17) is 21.1 Å². The monoisotopic (exact) mass is 356 g/mol. The Morgan fingerprint density at radius 2 is 2.00 bits per heavy atom. The summed E-state index contributed by atoms with van der Waals surface area (Å²) < 4.78 is 10.5. The number of hydrogen-bond acceptors (Lipinski definition) is 4. The zero-order valence-electron chi connectivity index (χ0n) is 14.5. The van der Waals surface area contributed by atoms with Crippen molar-refractivity contribution in [2.45, 2.75) is 46.3 Å². The fourth-order valence-electron chi connectivity index (χ4n) is 1.86. The van der Waals surface area contributed by atoms with Crippen LogP contribution in [0, 0.1) is 0 Å². The highest BCUT2D eigenvalue weighted by atomic mass is 35.5. The minimum Gasteiger partial charge on any atom is -0.446 e. The molecule has 0 heterocycles. The third kappa shape index (κ3) is 6.66. The van der Waals surface area contributed by atoms with Crippen molar-refractivity contribution >= 4 is 29.5 Å². The van der Waals surface area contributed by atoms with Crippen LogP contribution in [0.4, 0.5) is 15.3 Å². The van der Waals surface area contributed by atoms with Gasteiger partial charge in [-0.25, -0.2) is 9.59 Å². The van der Waals surface area contributed by atoms with Gasteiger partial charge in [0.05, 0.1) is 0 Å². The van der Waals surface area contributed by atoms with Gasteiger partial charge in [0.1, 0.15) is 11.9 Å². The van der Waals surface area contributed by atoms with Crippen molar-refractivity contribution in [1.29, 1.82) is 0 Å². The highest BCUT2D eigenvalue weighted by Crippen LogP contribution is 2.19. The lowest BCUT2D eigenvalue weighted by atomic mass is 10.3. The van der Waals surface area contributed by atoms with Crippen LogP contribution in [0.15, 0.2) is 24.3 Å². The van der Waals surface area contributed by atoms with Crippen LogP contribution in [0.3, 0.4) is 0 Å². The summed E-state index contributed by atoms with van der Waals surface area (Å²) in [6.45, 7) is 7.92. The summed E-state index contributed by atoms with van der Waals surface area (Å²) >= 11 is 5.71. The van der Waals surface area contributed by atoms with E-state index in [1.807, 2.05) is 27.7 Å². The molecule has 1 rings (SSSR count). The van der Waals surface area contributed by atoms with Crippen LogP contribution in [0.2, 0.25) is 0 Å². The molecule has 1 aromatic carbocycles. The van der Waals surface area contributed by atoms with Gasteiger partial charge in [0.15, 0.2) is 0 Å². The maximum absolute atomic E-state index is 12.2. The zero-order chi connectivity index (χ0) is 18.1. The predicted molar refractivity (Wildman–Crippen MR) is 94.9 cm³/mol. The van der Waals surface area contributed by atoms with Crippen molar-refractivity contribution in [3.8, 4) is 5.75 Å². The Labute approximate surface area is 148 Å². The Hall–Kier alpha value is -1.95. The number of nitrogens with zero attached hydrogens (tertiary/aromatic N) is 1. The Kier molecular flexibility index (Phi) is 8.40. The lowest BCUT2D eigenvalue weighted by molar-refractivity contribution is 0.118. The lowest BCUT2D eigenvalue weighted by Crippen LogP contribution is -2.40. The standard InChI is InChI=1S/C17H25ClN2O4/c1-5-13(4)23-16(21)19-14-7-6-8-15(11-14)24-17(22)20(10-9-18)12(2)3/h6-8,11-13H,5,9-10H2,1-4H3,(H,19,21). The van der Waals surface area contributed by atoms with Crippen molar-refractivity contribution in [3.63, 3.8) is 0 Å². The third-order valence-electron chi connectivity index (χ3n) is 3.35. The number of amides is 2. The molecule has 0 saturated carbocycles. The van der Waals surface area contributed by atoms with Gasteiger partial charge in [0.25, 0.3) is 0 Å². The molecule has 0 radical (unpaired) electrons. The third-order valence-corrected chi connectivity index (χ3v) is 3.52. The summed E-state index contributed by atoms with van der Waals surface area (Å²) in [6, 6.07) is 6.55. The van der Waals surface area contributed by atoms with Gasteiger partial charge in [-0.2, -0.15) is 0 Å². The van der Waals surface area contributed by atoms with Crippen molar-refractivity contribution in [1.82, 2.24) is 4.90 Å². The number of rotatable bonds is 7. The first-order chi connectivity index (χ1) is 11.4. The van der Waals surface area contributed by atoms with Crippen LogP contribution in [-0.2, 0) is 4.74 Å². The van der Waals surface area contributed by atoms with Gasteiger partial charge in [0, 0.05) is 30.2 Å². The van der Waals surface area contributed by atoms with Crippen LogP contribution in [0.5, 0.6) is 5.75 Å². The molecular weight excluding hydrogens is 332 g/mol. The number of anilines is 1. The van der Waals surface area contributed by atoms with E-state index in [2.05, 4.69) is 5.32 Å². The average molecular weight is 357 g/mol. The van der Waals surface area contributed by atoms with Crippen LogP contribution in [-0.4, -0.2) is 41.7 Å². The fourth-order valence-corrected chi connectivity index (χ4v) is 2.04. The Morgan fingerprint density at radius 3 is 2.58 bits per heavy atom. The second-order valence-electron chi connectivity index (χ2n) is 5.62. The molecule has 1 unspecified atom stereocenters. The van der Waals surface area contributed by atoms with E-state index in [0.717, 1.165) is 6.42 Å². The largest absolute Gasteiger partial charge is 0.446 e. The molecule has 6 nitrogen and oxygen atoms in total. The van der Waals surface area contributed by atoms with Gasteiger partial charge in [-0.05, 0) is 39.3 Å². The molecule has 7 heteroatoms. The SMILES string of the molecule is CCC(C)OC(=O)Nc1cccc(OC(=O)N(CCCl)C(C)C)c1. The molecule has 0 aliphatic heterocycles. The molecule has 24 heavy (non-hydrogen) atoms. The molecule has 0 spiro atoms. The van der Waals surface area contributed by atoms with Gasteiger partial charge in [-0.15, -0.1) is 11.6 Å². The van der Waals surface area contributed by atoms with Gasteiger partial charge < -0.3 is 14.4 Å². The molecule has 0 aliphatic carbocycles. The van der Waals surface area contributed by atoms with E-state index < -0.39 is 12.2 Å². The van der Waals surface area contributed by atoms with Gasteiger partial charge in [-0.1, -0.05) is 13.0 Å². The zero-order valence-corrected chi connectivity index (χ0v) is 15.3. The average Bonchev–Trinajstić information content (AvgIpc) is 2.52. The summed E-state index contributed by atoms with van der Waals surface area (Å²) in [6.07, 6.45) is -0.457. The van der Waals surface area contributed by atoms with E-state index in [1.54, 1.807) is 24.3 Å². The molecule has 0 bridgehead atoms. The van der Waals surface area contributed by atoms with Gasteiger partial charge in [0.2, 0.25) is 0 Å². The molecule has 2 amide bonds. The van der Waals surface area contributed by atoms with Gasteiger partial charge in [-0.3, -0.25) is 5.32 Å². The number of halogens is 1. The Bertz CT molecular complexity index is 551. The van der Waals surface area contributed by atoms with Crippen molar-refractivity contribution in [3.05, 3.63) is 24.3 Å². The maximum Gasteiger partial charge on any atom is 0.415 e. The number of carbonyl (C=O) groups excluding carboxylic acids is 2. The van der Waals surface area contributed by atoms with Crippen LogP contribution in [0.25, 0.3) is 0 Å². The normalized spacial score (nSPS) is 11.8. The summed E-state index contributed by atoms with van der Waals surface area (Å²) in [5.74, 6) is 0.664. The molecule has 0 fully saturated rings. The lowest BCUT2D eigenvalue weighted by Gasteiger charge is -2.24. The summed E-state index contributed by atoms with van der Waals surface area (Å²) in [7, 11) is 0. The van der Waals surface area contributed by atoms with Gasteiger partial charge >= 0.3 is 12.2 Å². The first-order valence-corrected chi connectivity index (χ1v) is 8.52. The minimum absolute atomic E-state index is 0.0249. The number of benzene rings is 1. The topological polar surface area (TPSA) is 67.9 Å². The summed E-state index contributed by atoms with van der Waals surface area (Å²) in [5.41, 5.74) is 0.488. The second kappa shape index (κ2) is 10.0. The van der Waals surface area contributed by atoms with Crippen LogP contribution < -0.4 is 10.1 Å². The highest BCUT2D eigenvalue weighted by molar-refractivity contribution is 6.18.